The summed E-state index contributed by atoms with van der Waals surface area (Å²) in [6.07, 6.45) is 0. The van der Waals surface area contributed by atoms with E-state index in [2.05, 4.69) is 30.8 Å². The molecule has 0 aliphatic rings. The van der Waals surface area contributed by atoms with Gasteiger partial charge in [-0.1, -0.05) is 26.5 Å². The Kier molecular flexibility index (Phi) is 4.47. The van der Waals surface area contributed by atoms with Crippen molar-refractivity contribution in [3.05, 3.63) is 39.3 Å². The Bertz CT molecular complexity index is 476. The predicted octanol–water partition coefficient (Wildman–Crippen LogP) is 3.06. The van der Waals surface area contributed by atoms with Crippen LogP contribution < -0.4 is 5.32 Å². The highest BCUT2D eigenvalue weighted by Gasteiger charge is 2.06. The van der Waals surface area contributed by atoms with Gasteiger partial charge in [0.1, 0.15) is 0 Å². The van der Waals surface area contributed by atoms with Crippen molar-refractivity contribution < 1.29 is 4.74 Å². The highest BCUT2D eigenvalue weighted by Crippen LogP contribution is 2.25. The Morgan fingerprint density at radius 2 is 2.35 bits per heavy atom. The minimum absolute atomic E-state index is 0.569. The maximum Gasteiger partial charge on any atom is 0.0946 e. The second-order valence-electron chi connectivity index (χ2n) is 3.45. The minimum atomic E-state index is 0.569. The first-order valence-electron chi connectivity index (χ1n) is 5.07. The van der Waals surface area contributed by atoms with Gasteiger partial charge in [-0.3, -0.25) is 0 Å². The van der Waals surface area contributed by atoms with Gasteiger partial charge < -0.3 is 10.1 Å². The van der Waals surface area contributed by atoms with Crippen molar-refractivity contribution in [3.8, 4) is 0 Å². The zero-order valence-corrected chi connectivity index (χ0v) is 11.7. The molecule has 0 atom stereocenters. The lowest BCUT2D eigenvalue weighted by molar-refractivity contribution is 0.185. The van der Waals surface area contributed by atoms with Gasteiger partial charge in [0.2, 0.25) is 0 Å². The maximum atomic E-state index is 5.19. The van der Waals surface area contributed by atoms with Crippen LogP contribution in [0.4, 0.5) is 5.69 Å². The first-order valence-corrected chi connectivity index (χ1v) is 6.70. The molecule has 2 aromatic rings. The smallest absolute Gasteiger partial charge is 0.0946 e. The highest BCUT2D eigenvalue weighted by molar-refractivity contribution is 9.10. The van der Waals surface area contributed by atoms with E-state index in [0.29, 0.717) is 13.2 Å². The van der Waals surface area contributed by atoms with E-state index >= 15 is 0 Å². The van der Waals surface area contributed by atoms with Crippen molar-refractivity contribution in [1.29, 1.82) is 0 Å². The zero-order chi connectivity index (χ0) is 12.1. The fourth-order valence-electron chi connectivity index (χ4n) is 1.46. The van der Waals surface area contributed by atoms with Crippen molar-refractivity contribution in [2.75, 3.05) is 12.4 Å². The summed E-state index contributed by atoms with van der Waals surface area (Å²) in [6, 6.07) is 6.02. The van der Waals surface area contributed by atoms with E-state index in [1.807, 2.05) is 23.6 Å². The van der Waals surface area contributed by atoms with Gasteiger partial charge in [0.25, 0.3) is 0 Å². The SMILES string of the molecule is COCc1c(Br)cccc1NCc1csnn1. The van der Waals surface area contributed by atoms with Crippen molar-refractivity contribution in [1.82, 2.24) is 9.59 Å². The van der Waals surface area contributed by atoms with Crippen LogP contribution in [0.5, 0.6) is 0 Å². The molecule has 0 unspecified atom stereocenters. The van der Waals surface area contributed by atoms with Crippen LogP contribution in [0.1, 0.15) is 11.3 Å². The number of nitrogens with one attached hydrogen (secondary N) is 1. The molecule has 1 heterocycles. The number of nitrogens with zero attached hydrogens (tertiary/aromatic N) is 2. The molecular weight excluding hydrogens is 302 g/mol. The second kappa shape index (κ2) is 6.09. The van der Waals surface area contributed by atoms with Crippen molar-refractivity contribution in [2.24, 2.45) is 0 Å². The number of halogens is 1. The molecule has 0 spiro atoms. The Labute approximate surface area is 112 Å². The average molecular weight is 314 g/mol. The van der Waals surface area contributed by atoms with Gasteiger partial charge in [-0.05, 0) is 23.7 Å². The Hall–Kier alpha value is -0.980. The lowest BCUT2D eigenvalue weighted by atomic mass is 10.2. The number of hydrogen-bond donors (Lipinski definition) is 1. The largest absolute Gasteiger partial charge is 0.380 e. The maximum absolute atomic E-state index is 5.19. The average Bonchev–Trinajstić information content (AvgIpc) is 2.83. The van der Waals surface area contributed by atoms with Crippen LogP contribution in [0.2, 0.25) is 0 Å². The quantitative estimate of drug-likeness (QED) is 0.921. The third-order valence-electron chi connectivity index (χ3n) is 2.27. The number of methoxy groups -OCH3 is 1. The molecule has 2 rings (SSSR count). The first-order chi connectivity index (χ1) is 8.31. The van der Waals surface area contributed by atoms with Gasteiger partial charge in [-0.15, -0.1) is 5.10 Å². The lowest BCUT2D eigenvalue weighted by Gasteiger charge is -2.12. The summed E-state index contributed by atoms with van der Waals surface area (Å²) in [5, 5.41) is 9.26. The molecule has 0 amide bonds. The number of benzene rings is 1. The van der Waals surface area contributed by atoms with Crippen LogP contribution >= 0.6 is 27.5 Å². The van der Waals surface area contributed by atoms with E-state index in [1.165, 1.54) is 11.5 Å². The topological polar surface area (TPSA) is 47.0 Å². The van der Waals surface area contributed by atoms with Crippen LogP contribution in [0.15, 0.2) is 28.1 Å². The molecule has 1 aromatic heterocycles. The van der Waals surface area contributed by atoms with Gasteiger partial charge in [0, 0.05) is 28.2 Å². The Morgan fingerprint density at radius 1 is 1.47 bits per heavy atom. The lowest BCUT2D eigenvalue weighted by Crippen LogP contribution is -2.04. The van der Waals surface area contributed by atoms with Gasteiger partial charge in [0.05, 0.1) is 18.8 Å². The molecule has 0 aliphatic heterocycles. The summed E-state index contributed by atoms with van der Waals surface area (Å²) in [6.45, 7) is 1.24. The molecular formula is C11H12BrN3OS. The standard InChI is InChI=1S/C11H12BrN3OS/c1-16-6-9-10(12)3-2-4-11(9)13-5-8-7-17-15-14-8/h2-4,7,13H,5-6H2,1H3. The van der Waals surface area contributed by atoms with Crippen LogP contribution in [-0.4, -0.2) is 16.7 Å². The van der Waals surface area contributed by atoms with E-state index in [0.717, 1.165) is 21.4 Å². The van der Waals surface area contributed by atoms with Crippen molar-refractivity contribution >= 4 is 33.1 Å². The molecule has 1 aromatic carbocycles. The molecule has 0 aliphatic carbocycles. The van der Waals surface area contributed by atoms with E-state index < -0.39 is 0 Å². The minimum Gasteiger partial charge on any atom is -0.380 e. The van der Waals surface area contributed by atoms with Gasteiger partial charge in [-0.2, -0.15) is 0 Å². The number of anilines is 1. The highest BCUT2D eigenvalue weighted by atomic mass is 79.9. The van der Waals surface area contributed by atoms with Crippen LogP contribution in [-0.2, 0) is 17.9 Å². The normalized spacial score (nSPS) is 10.5. The van der Waals surface area contributed by atoms with E-state index in [4.69, 9.17) is 4.74 Å². The van der Waals surface area contributed by atoms with Gasteiger partial charge >= 0.3 is 0 Å². The van der Waals surface area contributed by atoms with Crippen LogP contribution in [0.25, 0.3) is 0 Å². The first kappa shape index (κ1) is 12.5. The predicted molar refractivity (Wildman–Crippen MR) is 72.1 cm³/mol. The van der Waals surface area contributed by atoms with E-state index in [1.54, 1.807) is 7.11 Å². The van der Waals surface area contributed by atoms with Crippen LogP contribution in [0, 0.1) is 0 Å². The summed E-state index contributed by atoms with van der Waals surface area (Å²) >= 11 is 4.88. The molecule has 0 radical (unpaired) electrons. The molecule has 4 nitrogen and oxygen atoms in total. The van der Waals surface area contributed by atoms with Crippen molar-refractivity contribution in [3.63, 3.8) is 0 Å². The summed E-state index contributed by atoms with van der Waals surface area (Å²) in [5.41, 5.74) is 3.10. The third-order valence-corrected chi connectivity index (χ3v) is 3.57. The fourth-order valence-corrected chi connectivity index (χ4v) is 2.39. The van der Waals surface area contributed by atoms with Crippen molar-refractivity contribution in [2.45, 2.75) is 13.2 Å². The molecule has 17 heavy (non-hydrogen) atoms. The molecule has 0 saturated carbocycles. The summed E-state index contributed by atoms with van der Waals surface area (Å²) in [5.74, 6) is 0. The Balaban J connectivity index is 2.11. The fraction of sp³-hybridized carbons (Fsp3) is 0.273. The van der Waals surface area contributed by atoms with Crippen LogP contribution in [0.3, 0.4) is 0 Å². The number of hydrogen-bond acceptors (Lipinski definition) is 5. The second-order valence-corrected chi connectivity index (χ2v) is 4.91. The van der Waals surface area contributed by atoms with Gasteiger partial charge in [-0.25, -0.2) is 0 Å². The molecule has 90 valence electrons. The molecule has 0 saturated heterocycles. The number of aromatic nitrogens is 2. The molecule has 6 heteroatoms. The number of ether oxygens (including phenoxy) is 1. The monoisotopic (exact) mass is 313 g/mol. The van der Waals surface area contributed by atoms with E-state index in [9.17, 15) is 0 Å². The Morgan fingerprint density at radius 3 is 3.06 bits per heavy atom. The number of rotatable bonds is 5. The summed E-state index contributed by atoms with van der Waals surface area (Å²) in [4.78, 5) is 0. The molecule has 0 bridgehead atoms. The zero-order valence-electron chi connectivity index (χ0n) is 9.31. The molecule has 1 N–H and O–H groups in total. The summed E-state index contributed by atoms with van der Waals surface area (Å²) < 4.78 is 10.1. The molecule has 0 fully saturated rings. The van der Waals surface area contributed by atoms with Gasteiger partial charge in [0.15, 0.2) is 0 Å². The van der Waals surface area contributed by atoms with E-state index in [-0.39, 0.29) is 0 Å². The summed E-state index contributed by atoms with van der Waals surface area (Å²) in [7, 11) is 1.69. The third kappa shape index (κ3) is 3.24.